The van der Waals surface area contributed by atoms with Gasteiger partial charge in [0, 0.05) is 17.7 Å². The number of benzene rings is 2. The number of likely N-dealkylation sites (tertiary alicyclic amines) is 1. The number of nitrogens with zero attached hydrogens (tertiary/aromatic N) is 1. The molecule has 0 saturated carbocycles. The van der Waals surface area contributed by atoms with Crippen molar-refractivity contribution < 1.29 is 9.53 Å². The summed E-state index contributed by atoms with van der Waals surface area (Å²) >= 11 is 0. The van der Waals surface area contributed by atoms with E-state index < -0.39 is 0 Å². The molecular weight excluding hydrogens is 298 g/mol. The van der Waals surface area contributed by atoms with Gasteiger partial charge < -0.3 is 4.74 Å². The predicted octanol–water partition coefficient (Wildman–Crippen LogP) is 4.19. The second kappa shape index (κ2) is 7.93. The molecule has 0 aromatic heterocycles. The van der Waals surface area contributed by atoms with Crippen LogP contribution in [-0.4, -0.2) is 30.9 Å². The summed E-state index contributed by atoms with van der Waals surface area (Å²) in [5, 5.41) is 0. The van der Waals surface area contributed by atoms with Crippen molar-refractivity contribution in [1.82, 2.24) is 4.90 Å². The van der Waals surface area contributed by atoms with Crippen LogP contribution >= 0.6 is 0 Å². The van der Waals surface area contributed by atoms with Crippen LogP contribution in [0.1, 0.15) is 34.3 Å². The average Bonchev–Trinajstić information content (AvgIpc) is 3.13. The lowest BCUT2D eigenvalue weighted by Crippen LogP contribution is -2.19. The van der Waals surface area contributed by atoms with E-state index in [2.05, 4.69) is 4.90 Å². The van der Waals surface area contributed by atoms with Crippen LogP contribution in [0.25, 0.3) is 6.08 Å². The Kier molecular flexibility index (Phi) is 5.44. The molecule has 1 heterocycles. The van der Waals surface area contributed by atoms with E-state index in [1.54, 1.807) is 13.2 Å². The third-order valence-electron chi connectivity index (χ3n) is 4.38. The molecule has 3 heteroatoms. The van der Waals surface area contributed by atoms with E-state index in [4.69, 9.17) is 4.74 Å². The number of hydrogen-bond acceptors (Lipinski definition) is 3. The Morgan fingerprint density at radius 3 is 2.58 bits per heavy atom. The zero-order valence-electron chi connectivity index (χ0n) is 14.1. The first kappa shape index (κ1) is 16.5. The molecule has 3 rings (SSSR count). The Hall–Kier alpha value is -2.39. The summed E-state index contributed by atoms with van der Waals surface area (Å²) in [4.78, 5) is 14.9. The molecule has 1 aliphatic heterocycles. The van der Waals surface area contributed by atoms with Crippen molar-refractivity contribution in [1.29, 1.82) is 0 Å². The number of rotatable bonds is 6. The topological polar surface area (TPSA) is 29.5 Å². The maximum absolute atomic E-state index is 12.5. The van der Waals surface area contributed by atoms with E-state index in [1.807, 2.05) is 54.6 Å². The van der Waals surface area contributed by atoms with E-state index in [0.29, 0.717) is 5.56 Å². The monoisotopic (exact) mass is 321 g/mol. The van der Waals surface area contributed by atoms with Gasteiger partial charge in [-0.1, -0.05) is 36.4 Å². The van der Waals surface area contributed by atoms with E-state index in [0.717, 1.165) is 36.5 Å². The first-order valence-corrected chi connectivity index (χ1v) is 8.43. The molecule has 3 nitrogen and oxygen atoms in total. The molecule has 0 atom stereocenters. The first-order chi connectivity index (χ1) is 11.8. The van der Waals surface area contributed by atoms with Crippen molar-refractivity contribution in [3.05, 3.63) is 71.3 Å². The summed E-state index contributed by atoms with van der Waals surface area (Å²) in [5.41, 5.74) is 2.81. The fourth-order valence-corrected chi connectivity index (χ4v) is 3.07. The van der Waals surface area contributed by atoms with Crippen LogP contribution in [0.4, 0.5) is 0 Å². The van der Waals surface area contributed by atoms with E-state index in [-0.39, 0.29) is 5.78 Å². The molecule has 0 spiro atoms. The maximum atomic E-state index is 12.5. The molecule has 24 heavy (non-hydrogen) atoms. The summed E-state index contributed by atoms with van der Waals surface area (Å²) in [6.07, 6.45) is 5.99. The number of carbonyl (C=O) groups excluding carboxylic acids is 1. The highest BCUT2D eigenvalue weighted by atomic mass is 16.5. The van der Waals surface area contributed by atoms with Crippen molar-refractivity contribution in [2.75, 3.05) is 20.2 Å². The lowest BCUT2D eigenvalue weighted by Gasteiger charge is -2.17. The molecule has 0 N–H and O–H groups in total. The summed E-state index contributed by atoms with van der Waals surface area (Å²) in [6.45, 7) is 3.08. The molecule has 124 valence electrons. The van der Waals surface area contributed by atoms with Crippen LogP contribution in [0.15, 0.2) is 54.6 Å². The zero-order chi connectivity index (χ0) is 16.8. The number of ether oxygens (including phenoxy) is 1. The predicted molar refractivity (Wildman–Crippen MR) is 97.3 cm³/mol. The molecule has 0 radical (unpaired) electrons. The van der Waals surface area contributed by atoms with Crippen molar-refractivity contribution in [3.8, 4) is 5.75 Å². The van der Waals surface area contributed by atoms with Crippen LogP contribution in [0, 0.1) is 0 Å². The lowest BCUT2D eigenvalue weighted by molar-refractivity contribution is 0.104. The van der Waals surface area contributed by atoms with Gasteiger partial charge in [0.1, 0.15) is 5.75 Å². The molecule has 2 aromatic rings. The molecule has 0 unspecified atom stereocenters. The largest absolute Gasteiger partial charge is 0.496 e. The summed E-state index contributed by atoms with van der Waals surface area (Å²) in [6, 6.07) is 15.6. The Morgan fingerprint density at radius 1 is 1.12 bits per heavy atom. The van der Waals surface area contributed by atoms with Crippen molar-refractivity contribution >= 4 is 11.9 Å². The van der Waals surface area contributed by atoms with Crippen LogP contribution in [-0.2, 0) is 6.54 Å². The van der Waals surface area contributed by atoms with Gasteiger partial charge in [0.05, 0.1) is 7.11 Å². The van der Waals surface area contributed by atoms with Gasteiger partial charge in [-0.3, -0.25) is 9.69 Å². The summed E-state index contributed by atoms with van der Waals surface area (Å²) in [7, 11) is 1.68. The number of methoxy groups -OCH3 is 1. The highest BCUT2D eigenvalue weighted by Crippen LogP contribution is 2.24. The van der Waals surface area contributed by atoms with Crippen LogP contribution in [0.5, 0.6) is 5.75 Å². The fourth-order valence-electron chi connectivity index (χ4n) is 3.07. The van der Waals surface area contributed by atoms with Crippen LogP contribution in [0.3, 0.4) is 0 Å². The number of carbonyl (C=O) groups is 1. The van der Waals surface area contributed by atoms with Crippen molar-refractivity contribution in [3.63, 3.8) is 0 Å². The number of hydrogen-bond donors (Lipinski definition) is 0. The van der Waals surface area contributed by atoms with Gasteiger partial charge in [-0.05, 0) is 55.8 Å². The Bertz CT molecular complexity index is 716. The quantitative estimate of drug-likeness (QED) is 0.590. The Balaban J connectivity index is 1.77. The van der Waals surface area contributed by atoms with Gasteiger partial charge in [0.25, 0.3) is 0 Å². The maximum Gasteiger partial charge on any atom is 0.185 e. The van der Waals surface area contributed by atoms with E-state index in [1.165, 1.54) is 12.8 Å². The molecule has 1 saturated heterocycles. The minimum absolute atomic E-state index is 0.0178. The minimum Gasteiger partial charge on any atom is -0.496 e. The SMILES string of the molecule is COc1ccc(C(=O)/C=C/c2ccccc2)cc1CN1CCCC1. The zero-order valence-corrected chi connectivity index (χ0v) is 14.1. The highest BCUT2D eigenvalue weighted by molar-refractivity contribution is 6.07. The van der Waals surface area contributed by atoms with E-state index >= 15 is 0 Å². The molecule has 0 aliphatic carbocycles. The van der Waals surface area contributed by atoms with Gasteiger partial charge in [-0.25, -0.2) is 0 Å². The fraction of sp³-hybridized carbons (Fsp3) is 0.286. The lowest BCUT2D eigenvalue weighted by atomic mass is 10.0. The second-order valence-corrected chi connectivity index (χ2v) is 6.12. The van der Waals surface area contributed by atoms with Crippen molar-refractivity contribution in [2.45, 2.75) is 19.4 Å². The Morgan fingerprint density at radius 2 is 1.88 bits per heavy atom. The summed E-state index contributed by atoms with van der Waals surface area (Å²) < 4.78 is 5.46. The third kappa shape index (κ3) is 4.12. The second-order valence-electron chi connectivity index (χ2n) is 6.12. The molecule has 0 amide bonds. The highest BCUT2D eigenvalue weighted by Gasteiger charge is 2.15. The Labute approximate surface area is 143 Å². The molecule has 2 aromatic carbocycles. The average molecular weight is 321 g/mol. The first-order valence-electron chi connectivity index (χ1n) is 8.43. The molecule has 0 bridgehead atoms. The van der Waals surface area contributed by atoms with Gasteiger partial charge in [-0.15, -0.1) is 0 Å². The standard InChI is InChI=1S/C21H23NO2/c1-24-21-12-10-18(15-19(21)16-22-13-5-6-14-22)20(23)11-9-17-7-3-2-4-8-17/h2-4,7-12,15H,5-6,13-14,16H2,1H3/b11-9+. The summed E-state index contributed by atoms with van der Waals surface area (Å²) in [5.74, 6) is 0.870. The molecule has 1 aliphatic rings. The molecular formula is C21H23NO2. The number of ketones is 1. The smallest absolute Gasteiger partial charge is 0.185 e. The normalized spacial score (nSPS) is 15.0. The van der Waals surface area contributed by atoms with Crippen LogP contribution in [0.2, 0.25) is 0 Å². The van der Waals surface area contributed by atoms with E-state index in [9.17, 15) is 4.79 Å². The minimum atomic E-state index is 0.0178. The van der Waals surface area contributed by atoms with Gasteiger partial charge in [-0.2, -0.15) is 0 Å². The third-order valence-corrected chi connectivity index (χ3v) is 4.38. The number of allylic oxidation sites excluding steroid dienone is 1. The van der Waals surface area contributed by atoms with Gasteiger partial charge >= 0.3 is 0 Å². The van der Waals surface area contributed by atoms with Gasteiger partial charge in [0.15, 0.2) is 5.78 Å². The molecule has 1 fully saturated rings. The van der Waals surface area contributed by atoms with Gasteiger partial charge in [0.2, 0.25) is 0 Å². The van der Waals surface area contributed by atoms with Crippen molar-refractivity contribution in [2.24, 2.45) is 0 Å². The van der Waals surface area contributed by atoms with Crippen LogP contribution < -0.4 is 4.74 Å².